The number of fused-ring (bicyclic) bond motifs is 3. The third-order valence-corrected chi connectivity index (χ3v) is 25.4. The number of nitrogens with zero attached hydrogens (tertiary/aromatic N) is 9. The quantitative estimate of drug-likeness (QED) is 0.207. The number of likely N-dealkylation sites (tertiary alicyclic amines) is 1. The number of hydrogen-bond donors (Lipinski definition) is 4. The van der Waals surface area contributed by atoms with Crippen molar-refractivity contribution in [2.24, 2.45) is 35.5 Å². The van der Waals surface area contributed by atoms with Crippen LogP contribution in [0.2, 0.25) is 0 Å². The fraction of sp³-hybridized carbons (Fsp3) is 0.842. The molecule has 0 aromatic rings. The summed E-state index contributed by atoms with van der Waals surface area (Å²) in [6.07, 6.45) is 19.5. The second kappa shape index (κ2) is 35.4. The van der Waals surface area contributed by atoms with Crippen LogP contribution in [-0.4, -0.2) is 262 Å². The summed E-state index contributed by atoms with van der Waals surface area (Å²) in [4.78, 5) is 195. The van der Waals surface area contributed by atoms with Crippen molar-refractivity contribution in [1.82, 2.24) is 65.4 Å². The Hall–Kier alpha value is -6.40. The van der Waals surface area contributed by atoms with Crippen molar-refractivity contribution in [2.45, 2.75) is 293 Å². The first-order valence-electron chi connectivity index (χ1n) is 39.3. The normalized spacial score (nSPS) is 32.2. The number of likely N-dealkylation sites (N-methyl/N-ethyl adjacent to an activating group) is 6. The number of hydrogen-bond acceptors (Lipinski definition) is 13. The molecule has 25 nitrogen and oxygen atoms in total. The van der Waals surface area contributed by atoms with E-state index in [2.05, 4.69) is 21.3 Å². The molecule has 3 unspecified atom stereocenters. The predicted molar refractivity (Wildman–Crippen MR) is 382 cm³/mol. The van der Waals surface area contributed by atoms with Crippen molar-refractivity contribution in [3.63, 3.8) is 0 Å². The standard InChI is InChI=1S/C76H125N13O12/c1-12-49(4)64-73(99)82(7)50(5)68(94)89-42-35-58(89)71(97)84(9)60(45-51-25-15-13-16-26-51)70(96)81(6)47-62(90)78-55(34-32-52-31-33-53-29-23-38-77-56(53)44-52)69(95)88-41-24-30-57(88)67(93)80-76(36-19-20-37-76)75(101)86(11)65(54-27-17-18-28-54)74(100)85(10)61(72(98)87-39-21-14-22-40-87)46-63(91)83(8)59(43-48(2)3)66(92)79-64/h48-61,64-65,77H,12-47H2,1-11H3,(H,78,90)(H,79,92)(H,80,93)/t49-,50-,52?,53?,55-,56?,57-,58-,59-,60-,61-,64-,65-/m0/s1. The van der Waals surface area contributed by atoms with Crippen molar-refractivity contribution >= 4 is 70.9 Å². The van der Waals surface area contributed by atoms with E-state index in [0.29, 0.717) is 89.3 Å². The summed E-state index contributed by atoms with van der Waals surface area (Å²) in [7, 11) is 9.19. The summed E-state index contributed by atoms with van der Waals surface area (Å²) in [5.41, 5.74) is -1.45. The number of amides is 12. The Kier molecular flexibility index (Phi) is 27.6. The maximum Gasteiger partial charge on any atom is 0.248 e. The molecule has 1 spiro atoms. The highest BCUT2D eigenvalue weighted by Gasteiger charge is 2.52. The highest BCUT2D eigenvalue weighted by Crippen LogP contribution is 2.40. The molecule has 566 valence electrons. The predicted octanol–water partition coefficient (Wildman–Crippen LogP) is 5.21. The van der Waals surface area contributed by atoms with E-state index in [1.165, 1.54) is 68.9 Å². The first kappa shape index (κ1) is 78.7. The van der Waals surface area contributed by atoms with Gasteiger partial charge in [0, 0.05) is 74.5 Å². The number of carbonyl (C=O) groups excluding carboxylic acids is 12. The number of rotatable bonds is 11. The molecule has 9 fully saturated rings. The van der Waals surface area contributed by atoms with E-state index in [1.54, 1.807) is 30.8 Å². The smallest absolute Gasteiger partial charge is 0.248 e. The van der Waals surface area contributed by atoms with Gasteiger partial charge in [0.2, 0.25) is 70.9 Å². The van der Waals surface area contributed by atoms with Gasteiger partial charge in [-0.25, -0.2) is 0 Å². The summed E-state index contributed by atoms with van der Waals surface area (Å²) in [6.45, 7) is 10.9. The van der Waals surface area contributed by atoms with Crippen molar-refractivity contribution in [2.75, 3.05) is 81.6 Å². The summed E-state index contributed by atoms with van der Waals surface area (Å²) in [6, 6.07) is -9.47. The number of carbonyl (C=O) groups is 12. The van der Waals surface area contributed by atoms with Gasteiger partial charge in [-0.2, -0.15) is 0 Å². The summed E-state index contributed by atoms with van der Waals surface area (Å²) in [5, 5.41) is 13.0. The van der Waals surface area contributed by atoms with Crippen molar-refractivity contribution in [3.05, 3.63) is 0 Å². The van der Waals surface area contributed by atoms with Gasteiger partial charge in [0.1, 0.15) is 59.9 Å². The van der Waals surface area contributed by atoms with Crippen LogP contribution in [0.15, 0.2) is 0 Å². The van der Waals surface area contributed by atoms with Gasteiger partial charge in [-0.1, -0.05) is 98.3 Å². The molecule has 25 heteroatoms. The number of nitrogens with one attached hydrogen (secondary N) is 4. The topological polar surface area (TPSA) is 282 Å². The van der Waals surface area contributed by atoms with E-state index in [1.807, 2.05) is 27.7 Å². The summed E-state index contributed by atoms with van der Waals surface area (Å²) in [5.74, 6) is -6.03. The Balaban J connectivity index is 1.07. The lowest BCUT2D eigenvalue weighted by molar-refractivity contribution is -0.160. The van der Waals surface area contributed by atoms with Crippen LogP contribution in [0.4, 0.5) is 0 Å². The molecular weight excluding hydrogens is 1290 g/mol. The Bertz CT molecular complexity index is 2960. The zero-order chi connectivity index (χ0) is 73.1. The van der Waals surface area contributed by atoms with Gasteiger partial charge in [-0.05, 0) is 165 Å². The molecule has 5 aliphatic heterocycles. The van der Waals surface area contributed by atoms with Crippen LogP contribution in [0.25, 0.3) is 0 Å². The van der Waals surface area contributed by atoms with Gasteiger partial charge in [-0.15, -0.1) is 0 Å². The van der Waals surface area contributed by atoms with Crippen LogP contribution in [0.5, 0.6) is 0 Å². The van der Waals surface area contributed by atoms with Gasteiger partial charge in [-0.3, -0.25) is 57.5 Å². The van der Waals surface area contributed by atoms with E-state index in [9.17, 15) is 19.2 Å². The lowest BCUT2D eigenvalue weighted by atomic mass is 9.73. The second-order valence-corrected chi connectivity index (χ2v) is 32.7. The Morgan fingerprint density at radius 2 is 1.20 bits per heavy atom. The molecule has 0 bridgehead atoms. The molecule has 0 aromatic heterocycles. The van der Waals surface area contributed by atoms with Crippen LogP contribution in [0.3, 0.4) is 0 Å². The number of piperidine rings is 2. The van der Waals surface area contributed by atoms with Gasteiger partial charge in [0.05, 0.1) is 13.0 Å². The largest absolute Gasteiger partial charge is 0.343 e. The average molecular weight is 1410 g/mol. The molecule has 13 atom stereocenters. The zero-order valence-electron chi connectivity index (χ0n) is 63.1. The lowest BCUT2D eigenvalue weighted by Crippen LogP contribution is -2.65. The van der Waals surface area contributed by atoms with E-state index in [0.717, 1.165) is 96.4 Å². The van der Waals surface area contributed by atoms with Crippen LogP contribution < -0.4 is 21.3 Å². The van der Waals surface area contributed by atoms with E-state index < -0.39 is 150 Å². The lowest BCUT2D eigenvalue weighted by Gasteiger charge is -2.45. The van der Waals surface area contributed by atoms with Crippen LogP contribution >= 0.6 is 0 Å². The molecule has 0 radical (unpaired) electrons. The molecule has 4 N–H and O–H groups in total. The maximum atomic E-state index is 15.8. The van der Waals surface area contributed by atoms with Crippen molar-refractivity contribution < 1.29 is 57.5 Å². The zero-order valence-corrected chi connectivity index (χ0v) is 63.1. The van der Waals surface area contributed by atoms with E-state index >= 15 is 38.4 Å². The van der Waals surface area contributed by atoms with E-state index in [4.69, 9.17) is 0 Å². The van der Waals surface area contributed by atoms with Crippen LogP contribution in [0.1, 0.15) is 227 Å². The summed E-state index contributed by atoms with van der Waals surface area (Å²) < 4.78 is 0. The molecule has 4 aliphatic carbocycles. The maximum absolute atomic E-state index is 15.8. The third kappa shape index (κ3) is 18.4. The van der Waals surface area contributed by atoms with Gasteiger partial charge >= 0.3 is 0 Å². The van der Waals surface area contributed by atoms with E-state index in [-0.39, 0.29) is 62.4 Å². The molecule has 101 heavy (non-hydrogen) atoms. The van der Waals surface area contributed by atoms with Crippen LogP contribution in [-0.2, 0) is 57.5 Å². The fourth-order valence-electron chi connectivity index (χ4n) is 18.5. The van der Waals surface area contributed by atoms with Gasteiger partial charge in [0.15, 0.2) is 0 Å². The molecule has 0 aromatic carbocycles. The highest BCUT2D eigenvalue weighted by molar-refractivity contribution is 6.01. The highest BCUT2D eigenvalue weighted by atomic mass is 16.2. The fourth-order valence-corrected chi connectivity index (χ4v) is 18.5. The molecule has 4 saturated carbocycles. The Morgan fingerprint density at radius 1 is 0.545 bits per heavy atom. The van der Waals surface area contributed by atoms with Crippen molar-refractivity contribution in [3.8, 4) is 0 Å². The molecule has 5 saturated heterocycles. The molecule has 9 aliphatic rings. The minimum atomic E-state index is -1.45. The molecule has 5 heterocycles. The van der Waals surface area contributed by atoms with Gasteiger partial charge in [0.25, 0.3) is 0 Å². The second-order valence-electron chi connectivity index (χ2n) is 32.7. The third-order valence-electron chi connectivity index (χ3n) is 25.4. The molecular formula is C76H125N13O12. The Labute approximate surface area is 601 Å². The minimum absolute atomic E-state index is 0.113. The first-order chi connectivity index (χ1) is 48.2. The monoisotopic (exact) mass is 1410 g/mol. The Morgan fingerprint density at radius 3 is 1.85 bits per heavy atom. The SMILES string of the molecule is CC[C@H](C)[C@@H]1NC(=O)[C@H](CC(C)C)N(C)C(=O)C[C@@H](C(=O)N2CCCCC2)N(C)C(=O)[C@H](C2CCCC2)N(C)C(=O)C2(CCCC2)NC(=O)[C@@H]2CCCN2C(=O)[C@H](CCC2CCC3CCCNC3C2)NC(=O)CN(C)C(=O)[C@H](CC2CCCCC2)N(C)C(=O)[C@@H]2CCN2C(=O)[C@H](C)N(C)C1=O. The minimum Gasteiger partial charge on any atom is -0.343 e. The van der Waals surface area contributed by atoms with Gasteiger partial charge < -0.3 is 65.4 Å². The van der Waals surface area contributed by atoms with Crippen LogP contribution in [0, 0.1) is 35.5 Å². The molecule has 9 rings (SSSR count). The first-order valence-corrected chi connectivity index (χ1v) is 39.3. The molecule has 12 amide bonds. The summed E-state index contributed by atoms with van der Waals surface area (Å²) >= 11 is 0. The average Bonchev–Trinajstić information content (AvgIpc) is 1.76. The van der Waals surface area contributed by atoms with Crippen molar-refractivity contribution in [1.29, 1.82) is 0 Å².